The number of hydrogen-bond donors (Lipinski definition) is 1. The van der Waals surface area contributed by atoms with E-state index in [1.807, 2.05) is 52.8 Å². The van der Waals surface area contributed by atoms with E-state index in [1.54, 1.807) is 23.5 Å². The van der Waals surface area contributed by atoms with Crippen molar-refractivity contribution in [3.05, 3.63) is 92.3 Å². The molecule has 0 aliphatic heterocycles. The Bertz CT molecular complexity index is 1140. The molecule has 136 valence electrons. The predicted octanol–water partition coefficient (Wildman–Crippen LogP) is 2.88. The summed E-state index contributed by atoms with van der Waals surface area (Å²) in [5.41, 5.74) is 2.19. The number of rotatable bonds is 6. The number of H-pyrrole nitrogens is 1. The molecule has 0 saturated heterocycles. The highest BCUT2D eigenvalue weighted by Gasteiger charge is 2.06. The Kier molecular flexibility index (Phi) is 4.71. The first-order valence-electron chi connectivity index (χ1n) is 8.19. The smallest absolute Gasteiger partial charge is 0.440 e. The van der Waals surface area contributed by atoms with E-state index >= 15 is 0 Å². The number of aromatic amines is 1. The summed E-state index contributed by atoms with van der Waals surface area (Å²) in [6.07, 6.45) is 0. The minimum Gasteiger partial charge on any atom is -0.487 e. The van der Waals surface area contributed by atoms with Gasteiger partial charge in [0.1, 0.15) is 17.4 Å². The van der Waals surface area contributed by atoms with Crippen LogP contribution in [0.4, 0.5) is 0 Å². The zero-order valence-electron chi connectivity index (χ0n) is 14.1. The number of hydrogen-bond acceptors (Lipinski definition) is 6. The van der Waals surface area contributed by atoms with Crippen molar-refractivity contribution in [1.82, 2.24) is 14.7 Å². The van der Waals surface area contributed by atoms with Gasteiger partial charge in [0, 0.05) is 10.9 Å². The highest BCUT2D eigenvalue weighted by Crippen LogP contribution is 2.24. The summed E-state index contributed by atoms with van der Waals surface area (Å²) in [7, 11) is 0. The molecular weight excluding hydrogens is 366 g/mol. The maximum Gasteiger partial charge on any atom is 0.440 e. The second-order valence-electron chi connectivity index (χ2n) is 5.79. The van der Waals surface area contributed by atoms with E-state index in [4.69, 9.17) is 9.26 Å². The van der Waals surface area contributed by atoms with Crippen molar-refractivity contribution >= 4 is 11.3 Å². The van der Waals surface area contributed by atoms with Gasteiger partial charge in [0.25, 0.3) is 0 Å². The second kappa shape index (κ2) is 7.46. The first kappa shape index (κ1) is 17.0. The lowest BCUT2D eigenvalue weighted by Crippen LogP contribution is -2.17. The average molecular weight is 381 g/mol. The van der Waals surface area contributed by atoms with Crippen LogP contribution in [-0.4, -0.2) is 14.7 Å². The van der Waals surface area contributed by atoms with Crippen molar-refractivity contribution in [3.8, 4) is 16.3 Å². The van der Waals surface area contributed by atoms with Crippen LogP contribution in [0, 0.1) is 0 Å². The minimum absolute atomic E-state index is 0.171. The van der Waals surface area contributed by atoms with Gasteiger partial charge in [-0.1, -0.05) is 42.5 Å². The SMILES string of the molecule is O=c1[nH]c(=O)n(Cc2ccc(OCc3csc(-c4ccccc4)n3)cc2)o1. The predicted molar refractivity (Wildman–Crippen MR) is 101 cm³/mol. The van der Waals surface area contributed by atoms with Crippen molar-refractivity contribution in [3.63, 3.8) is 0 Å². The zero-order valence-corrected chi connectivity index (χ0v) is 14.9. The Morgan fingerprint density at radius 3 is 2.56 bits per heavy atom. The van der Waals surface area contributed by atoms with Gasteiger partial charge in [-0.3, -0.25) is 0 Å². The van der Waals surface area contributed by atoms with Crippen LogP contribution >= 0.6 is 11.3 Å². The molecule has 4 rings (SSSR count). The quantitative estimate of drug-likeness (QED) is 0.555. The van der Waals surface area contributed by atoms with Gasteiger partial charge in [-0.25, -0.2) is 19.6 Å². The van der Waals surface area contributed by atoms with Crippen molar-refractivity contribution < 1.29 is 9.26 Å². The van der Waals surface area contributed by atoms with Crippen LogP contribution in [0.25, 0.3) is 10.6 Å². The summed E-state index contributed by atoms with van der Waals surface area (Å²) in [6.45, 7) is 0.541. The first-order chi connectivity index (χ1) is 13.2. The highest BCUT2D eigenvalue weighted by atomic mass is 32.1. The third kappa shape index (κ3) is 4.06. The molecule has 2 aromatic heterocycles. The lowest BCUT2D eigenvalue weighted by atomic mass is 10.2. The zero-order chi connectivity index (χ0) is 18.6. The highest BCUT2D eigenvalue weighted by molar-refractivity contribution is 7.13. The fourth-order valence-corrected chi connectivity index (χ4v) is 3.33. The number of nitrogens with zero attached hydrogens (tertiary/aromatic N) is 2. The summed E-state index contributed by atoms with van der Waals surface area (Å²) in [5.74, 6) is -0.0750. The molecule has 0 unspecified atom stereocenters. The van der Waals surface area contributed by atoms with Gasteiger partial charge in [-0.05, 0) is 17.7 Å². The lowest BCUT2D eigenvalue weighted by molar-refractivity contribution is 0.258. The summed E-state index contributed by atoms with van der Waals surface area (Å²) < 4.78 is 11.5. The van der Waals surface area contributed by atoms with E-state index in [1.165, 1.54) is 0 Å². The molecule has 8 heteroatoms. The molecule has 4 aromatic rings. The number of aromatic nitrogens is 3. The van der Waals surface area contributed by atoms with Crippen LogP contribution in [0.3, 0.4) is 0 Å². The van der Waals surface area contributed by atoms with Crippen LogP contribution in [0.2, 0.25) is 0 Å². The second-order valence-corrected chi connectivity index (χ2v) is 6.65. The summed E-state index contributed by atoms with van der Waals surface area (Å²) in [6, 6.07) is 17.2. The molecule has 2 heterocycles. The summed E-state index contributed by atoms with van der Waals surface area (Å²) >= 11 is 1.58. The molecule has 0 fully saturated rings. The summed E-state index contributed by atoms with van der Waals surface area (Å²) in [4.78, 5) is 29.1. The van der Waals surface area contributed by atoms with E-state index in [-0.39, 0.29) is 6.54 Å². The van der Waals surface area contributed by atoms with E-state index < -0.39 is 11.4 Å². The van der Waals surface area contributed by atoms with E-state index in [0.29, 0.717) is 12.4 Å². The normalized spacial score (nSPS) is 10.8. The van der Waals surface area contributed by atoms with Crippen LogP contribution in [0.15, 0.2) is 74.1 Å². The molecule has 1 N–H and O–H groups in total. The third-order valence-electron chi connectivity index (χ3n) is 3.84. The molecule has 7 nitrogen and oxygen atoms in total. The molecule has 0 saturated carbocycles. The number of ether oxygens (including phenoxy) is 1. The largest absolute Gasteiger partial charge is 0.487 e. The Labute approximate surface area is 157 Å². The third-order valence-corrected chi connectivity index (χ3v) is 4.78. The number of nitrogens with one attached hydrogen (secondary N) is 1. The van der Waals surface area contributed by atoms with E-state index in [2.05, 4.69) is 4.98 Å². The molecule has 0 radical (unpaired) electrons. The number of benzene rings is 2. The Balaban J connectivity index is 1.38. The monoisotopic (exact) mass is 381 g/mol. The summed E-state index contributed by atoms with van der Waals surface area (Å²) in [5, 5.41) is 2.94. The van der Waals surface area contributed by atoms with E-state index in [0.717, 1.165) is 26.6 Å². The van der Waals surface area contributed by atoms with Gasteiger partial charge >= 0.3 is 11.4 Å². The fourth-order valence-electron chi connectivity index (χ4n) is 2.52. The first-order valence-corrected chi connectivity index (χ1v) is 9.07. The Morgan fingerprint density at radius 1 is 1.07 bits per heavy atom. The number of thiazole rings is 1. The van der Waals surface area contributed by atoms with Crippen molar-refractivity contribution in [2.45, 2.75) is 13.2 Å². The fraction of sp³-hybridized carbons (Fsp3) is 0.105. The van der Waals surface area contributed by atoms with Crippen molar-refractivity contribution in [2.75, 3.05) is 0 Å². The van der Waals surface area contributed by atoms with Crippen LogP contribution in [-0.2, 0) is 13.2 Å². The van der Waals surface area contributed by atoms with Gasteiger partial charge in [-0.2, -0.15) is 0 Å². The van der Waals surface area contributed by atoms with Gasteiger partial charge in [0.15, 0.2) is 0 Å². The van der Waals surface area contributed by atoms with Crippen molar-refractivity contribution in [1.29, 1.82) is 0 Å². The van der Waals surface area contributed by atoms with Crippen LogP contribution in [0.1, 0.15) is 11.3 Å². The van der Waals surface area contributed by atoms with Crippen LogP contribution in [0.5, 0.6) is 5.75 Å². The van der Waals surface area contributed by atoms with Gasteiger partial charge < -0.3 is 9.26 Å². The average Bonchev–Trinajstić information content (AvgIpc) is 3.28. The molecule has 0 spiro atoms. The maximum absolute atomic E-state index is 11.5. The van der Waals surface area contributed by atoms with Crippen molar-refractivity contribution in [2.24, 2.45) is 0 Å². The van der Waals surface area contributed by atoms with Gasteiger partial charge in [0.05, 0.1) is 12.2 Å². The topological polar surface area (TPSA) is 90.1 Å². The molecule has 27 heavy (non-hydrogen) atoms. The Hall–Kier alpha value is -3.39. The van der Waals surface area contributed by atoms with Gasteiger partial charge in [0.2, 0.25) is 0 Å². The molecular formula is C19H15N3O4S. The molecule has 0 aliphatic rings. The molecule has 0 aliphatic carbocycles. The molecule has 2 aromatic carbocycles. The van der Waals surface area contributed by atoms with E-state index in [9.17, 15) is 9.59 Å². The standard InChI is InChI=1S/C19H15N3O4S/c23-18-21-19(24)26-22(18)10-13-6-8-16(9-7-13)25-11-15-12-27-17(20-15)14-4-2-1-3-5-14/h1-9,12H,10-11H2,(H,21,23,24). The molecule has 0 bridgehead atoms. The Morgan fingerprint density at radius 2 is 1.85 bits per heavy atom. The lowest BCUT2D eigenvalue weighted by Gasteiger charge is -2.05. The molecule has 0 atom stereocenters. The van der Waals surface area contributed by atoms with Crippen LogP contribution < -0.4 is 16.2 Å². The molecule has 0 amide bonds. The maximum atomic E-state index is 11.5. The van der Waals surface area contributed by atoms with Gasteiger partial charge in [-0.15, -0.1) is 16.1 Å². The minimum atomic E-state index is -0.766.